The minimum atomic E-state index is -5.45. The van der Waals surface area contributed by atoms with Gasteiger partial charge in [0.15, 0.2) is 0 Å². The van der Waals surface area contributed by atoms with Crippen molar-refractivity contribution in [2.24, 2.45) is 0 Å². The molecule has 0 aromatic carbocycles. The fourth-order valence-electron chi connectivity index (χ4n) is 0.555. The Labute approximate surface area is 101 Å². The van der Waals surface area contributed by atoms with Crippen molar-refractivity contribution in [3.63, 3.8) is 0 Å². The number of hydrogen-bond acceptors (Lipinski definition) is 6. The number of phosphoric acid groups is 3. The van der Waals surface area contributed by atoms with Crippen LogP contribution in [0, 0.1) is 0 Å². The summed E-state index contributed by atoms with van der Waals surface area (Å²) in [7, 11) is -15.9. The van der Waals surface area contributed by atoms with Crippen LogP contribution in [0.3, 0.4) is 0 Å². The molecule has 17 heavy (non-hydrogen) atoms. The van der Waals surface area contributed by atoms with E-state index in [1.54, 1.807) is 0 Å². The molecule has 0 spiro atoms. The molecule has 0 bridgehead atoms. The first-order valence-electron chi connectivity index (χ1n) is 3.75. The van der Waals surface area contributed by atoms with Crippen molar-refractivity contribution in [1.29, 1.82) is 0 Å². The number of phosphoric ester groups is 1. The Balaban J connectivity index is 4.65. The molecule has 3 unspecified atom stereocenters. The maximum atomic E-state index is 11.1. The fourth-order valence-corrected chi connectivity index (χ4v) is 3.89. The predicted molar refractivity (Wildman–Crippen MR) is 55.1 cm³/mol. The molecule has 0 aliphatic carbocycles. The summed E-state index contributed by atoms with van der Waals surface area (Å²) in [6.45, 7) is 1.26. The third kappa shape index (κ3) is 9.30. The summed E-state index contributed by atoms with van der Waals surface area (Å²) in [4.78, 5) is 34.1. The molecule has 0 saturated carbocycles. The van der Waals surface area contributed by atoms with Gasteiger partial charge in [-0.2, -0.15) is 8.62 Å². The standard InChI is InChI=1S/C3H10ClO10P3/c1-3(2-4)12-16(8,9)14-17(10,11)13-15(5,6)7/h3H,2H2,1H3,(H,8,9)(H,10,11)(H2,5,6,7). The Morgan fingerprint density at radius 1 is 1.06 bits per heavy atom. The lowest BCUT2D eigenvalue weighted by atomic mass is 10.5. The smallest absolute Gasteiger partial charge is 0.302 e. The lowest BCUT2D eigenvalue weighted by Gasteiger charge is -2.18. The summed E-state index contributed by atoms with van der Waals surface area (Å²) in [5, 5.41) is 0. The van der Waals surface area contributed by atoms with Crippen LogP contribution in [-0.2, 0) is 26.8 Å². The Kier molecular flexibility index (Phi) is 6.49. The zero-order valence-corrected chi connectivity index (χ0v) is 11.7. The molecule has 0 amide bonds. The van der Waals surface area contributed by atoms with E-state index in [1.807, 2.05) is 0 Å². The van der Waals surface area contributed by atoms with Gasteiger partial charge in [-0.25, -0.2) is 13.7 Å². The van der Waals surface area contributed by atoms with E-state index in [0.717, 1.165) is 0 Å². The molecule has 0 heterocycles. The maximum absolute atomic E-state index is 11.1. The molecular weight excluding hydrogens is 324 g/mol. The summed E-state index contributed by atoms with van der Waals surface area (Å²) < 4.78 is 43.3. The second-order valence-corrected chi connectivity index (χ2v) is 7.34. The lowest BCUT2D eigenvalue weighted by molar-refractivity contribution is 0.145. The summed E-state index contributed by atoms with van der Waals surface area (Å²) in [5.74, 6) is -0.219. The van der Waals surface area contributed by atoms with Gasteiger partial charge in [0.25, 0.3) is 0 Å². The van der Waals surface area contributed by atoms with Crippen molar-refractivity contribution < 1.29 is 46.4 Å². The van der Waals surface area contributed by atoms with Crippen LogP contribution in [0.5, 0.6) is 0 Å². The second kappa shape index (κ2) is 6.23. The maximum Gasteiger partial charge on any atom is 0.490 e. The molecule has 10 nitrogen and oxygen atoms in total. The molecule has 0 aromatic heterocycles. The molecule has 0 radical (unpaired) electrons. The van der Waals surface area contributed by atoms with Crippen LogP contribution in [0.2, 0.25) is 0 Å². The average Bonchev–Trinajstić information content (AvgIpc) is 1.94. The molecule has 0 aromatic rings. The fraction of sp³-hybridized carbons (Fsp3) is 1.00. The van der Waals surface area contributed by atoms with Gasteiger partial charge in [0.05, 0.1) is 6.10 Å². The van der Waals surface area contributed by atoms with E-state index in [1.165, 1.54) is 6.92 Å². The Bertz CT molecular complexity index is 388. The van der Waals surface area contributed by atoms with E-state index >= 15 is 0 Å². The van der Waals surface area contributed by atoms with Crippen LogP contribution < -0.4 is 0 Å². The van der Waals surface area contributed by atoms with Crippen LogP contribution in [-0.4, -0.2) is 31.6 Å². The van der Waals surface area contributed by atoms with E-state index < -0.39 is 29.6 Å². The highest BCUT2D eigenvalue weighted by molar-refractivity contribution is 7.66. The van der Waals surface area contributed by atoms with Crippen LogP contribution in [0.25, 0.3) is 0 Å². The average molecular weight is 334 g/mol. The second-order valence-electron chi connectivity index (χ2n) is 2.66. The minimum Gasteiger partial charge on any atom is -0.302 e. The predicted octanol–water partition coefficient (Wildman–Crippen LogP) is 0.957. The zero-order chi connectivity index (χ0) is 13.9. The monoisotopic (exact) mass is 334 g/mol. The van der Waals surface area contributed by atoms with Crippen molar-refractivity contribution >= 4 is 35.1 Å². The van der Waals surface area contributed by atoms with Crippen LogP contribution in [0.4, 0.5) is 0 Å². The normalized spacial score (nSPS) is 21.5. The summed E-state index contributed by atoms with van der Waals surface area (Å²) in [6.07, 6.45) is -0.998. The van der Waals surface area contributed by atoms with E-state index in [-0.39, 0.29) is 5.88 Å². The number of alkyl halides is 1. The van der Waals surface area contributed by atoms with Crippen molar-refractivity contribution in [3.05, 3.63) is 0 Å². The third-order valence-corrected chi connectivity index (χ3v) is 5.33. The zero-order valence-electron chi connectivity index (χ0n) is 8.24. The van der Waals surface area contributed by atoms with Gasteiger partial charge in [-0.05, 0) is 6.92 Å². The Morgan fingerprint density at radius 2 is 1.53 bits per heavy atom. The molecule has 0 saturated heterocycles. The summed E-state index contributed by atoms with van der Waals surface area (Å²) in [5.41, 5.74) is 0. The number of rotatable bonds is 7. The van der Waals surface area contributed by atoms with E-state index in [9.17, 15) is 13.7 Å². The number of hydrogen-bond donors (Lipinski definition) is 4. The van der Waals surface area contributed by atoms with Crippen molar-refractivity contribution in [2.45, 2.75) is 13.0 Å². The van der Waals surface area contributed by atoms with Gasteiger partial charge in [-0.3, -0.25) is 4.52 Å². The molecule has 4 N–H and O–H groups in total. The third-order valence-electron chi connectivity index (χ3n) is 0.946. The summed E-state index contributed by atoms with van der Waals surface area (Å²) >= 11 is 5.24. The van der Waals surface area contributed by atoms with Gasteiger partial charge >= 0.3 is 23.5 Å². The Hall–Kier alpha value is 0.700. The number of halogens is 1. The van der Waals surface area contributed by atoms with Crippen molar-refractivity contribution in [1.82, 2.24) is 0 Å². The van der Waals surface area contributed by atoms with Crippen molar-refractivity contribution in [2.75, 3.05) is 5.88 Å². The minimum absolute atomic E-state index is 0.219. The highest BCUT2D eigenvalue weighted by atomic mass is 35.5. The highest BCUT2D eigenvalue weighted by Crippen LogP contribution is 2.66. The molecule has 0 aliphatic heterocycles. The van der Waals surface area contributed by atoms with Gasteiger partial charge in [-0.15, -0.1) is 11.6 Å². The van der Waals surface area contributed by atoms with E-state index in [4.69, 9.17) is 31.2 Å². The van der Waals surface area contributed by atoms with Crippen LogP contribution >= 0.6 is 35.1 Å². The molecule has 104 valence electrons. The quantitative estimate of drug-likeness (QED) is 0.390. The van der Waals surface area contributed by atoms with Gasteiger partial charge in [-0.1, -0.05) is 0 Å². The SMILES string of the molecule is CC(CCl)OP(=O)(O)OP(=O)(O)OP(=O)(O)O. The van der Waals surface area contributed by atoms with Crippen LogP contribution in [0.15, 0.2) is 0 Å². The molecule has 14 heteroatoms. The largest absolute Gasteiger partial charge is 0.490 e. The molecule has 0 fully saturated rings. The first kappa shape index (κ1) is 17.7. The molecule has 0 aliphatic rings. The van der Waals surface area contributed by atoms with Gasteiger partial charge in [0.2, 0.25) is 0 Å². The molecule has 0 rings (SSSR count). The van der Waals surface area contributed by atoms with Crippen molar-refractivity contribution in [3.8, 4) is 0 Å². The summed E-state index contributed by atoms with van der Waals surface area (Å²) in [6, 6.07) is 0. The molecule has 3 atom stereocenters. The first-order valence-corrected chi connectivity index (χ1v) is 8.80. The lowest BCUT2D eigenvalue weighted by Crippen LogP contribution is -2.08. The first-order chi connectivity index (χ1) is 7.37. The molecular formula is C3H10ClO10P3. The van der Waals surface area contributed by atoms with E-state index in [2.05, 4.69) is 13.1 Å². The van der Waals surface area contributed by atoms with Crippen LogP contribution in [0.1, 0.15) is 6.92 Å². The van der Waals surface area contributed by atoms with Gasteiger partial charge in [0, 0.05) is 5.88 Å². The van der Waals surface area contributed by atoms with E-state index in [0.29, 0.717) is 0 Å². The van der Waals surface area contributed by atoms with Gasteiger partial charge in [0.1, 0.15) is 0 Å². The topological polar surface area (TPSA) is 160 Å². The van der Waals surface area contributed by atoms with Gasteiger partial charge < -0.3 is 19.6 Å². The Morgan fingerprint density at radius 3 is 1.88 bits per heavy atom. The highest BCUT2D eigenvalue weighted by Gasteiger charge is 2.41.